The molecular weight excluding hydrogens is 262 g/mol. The average molecular weight is 283 g/mol. The molecule has 0 bridgehead atoms. The lowest BCUT2D eigenvalue weighted by atomic mass is 10.1. The Labute approximate surface area is 117 Å². The van der Waals surface area contributed by atoms with Crippen LogP contribution in [-0.4, -0.2) is 29.6 Å². The second kappa shape index (κ2) is 6.45. The largest absolute Gasteiger partial charge is 0.364 e. The van der Waals surface area contributed by atoms with Crippen LogP contribution in [-0.2, 0) is 9.53 Å². The van der Waals surface area contributed by atoms with Crippen molar-refractivity contribution < 1.29 is 9.53 Å². The zero-order chi connectivity index (χ0) is 13.8. The molecule has 3 atom stereocenters. The third-order valence-electron chi connectivity index (χ3n) is 3.32. The second-order valence-electron chi connectivity index (χ2n) is 4.86. The zero-order valence-corrected chi connectivity index (χ0v) is 12.2. The molecule has 0 spiro atoms. The Kier molecular flexibility index (Phi) is 4.90. The van der Waals surface area contributed by atoms with E-state index in [-0.39, 0.29) is 24.2 Å². The van der Waals surface area contributed by atoms with Crippen LogP contribution in [0.4, 0.5) is 0 Å². The topological polar surface area (TPSA) is 77.2 Å². The van der Waals surface area contributed by atoms with Crippen molar-refractivity contribution >= 4 is 17.2 Å². The Morgan fingerprint density at radius 3 is 3.00 bits per heavy atom. The first-order valence-corrected chi connectivity index (χ1v) is 7.60. The molecule has 1 aromatic heterocycles. The van der Waals surface area contributed by atoms with Crippen LogP contribution >= 0.6 is 11.3 Å². The predicted octanol–water partition coefficient (Wildman–Crippen LogP) is 1.53. The maximum Gasteiger partial charge on any atom is 0.249 e. The monoisotopic (exact) mass is 283 g/mol. The average Bonchev–Trinajstić information content (AvgIpc) is 3.04. The first-order chi connectivity index (χ1) is 9.13. The van der Waals surface area contributed by atoms with E-state index in [0.29, 0.717) is 6.54 Å². The molecule has 3 N–H and O–H groups in total. The number of rotatable bonds is 5. The molecule has 1 fully saturated rings. The van der Waals surface area contributed by atoms with E-state index in [2.05, 4.69) is 10.3 Å². The number of nitrogens with zero attached hydrogens (tertiary/aromatic N) is 1. The molecule has 2 heterocycles. The number of carbonyl (C=O) groups is 1. The number of nitrogens with two attached hydrogens (primary N) is 1. The number of ether oxygens (including phenoxy) is 1. The summed E-state index contributed by atoms with van der Waals surface area (Å²) in [6.07, 6.45) is 2.11. The summed E-state index contributed by atoms with van der Waals surface area (Å²) in [5.74, 6) is -0.0457. The van der Waals surface area contributed by atoms with E-state index in [1.165, 1.54) is 0 Å². The fraction of sp³-hybridized carbons (Fsp3) is 0.692. The van der Waals surface area contributed by atoms with Crippen LogP contribution in [0.25, 0.3) is 0 Å². The number of hydrogen-bond acceptors (Lipinski definition) is 5. The summed E-state index contributed by atoms with van der Waals surface area (Å²) in [6.45, 7) is 4.48. The molecule has 5 nitrogen and oxygen atoms in total. The molecule has 19 heavy (non-hydrogen) atoms. The highest BCUT2D eigenvalue weighted by Gasteiger charge is 2.31. The Hall–Kier alpha value is -0.980. The van der Waals surface area contributed by atoms with E-state index in [4.69, 9.17) is 10.5 Å². The van der Waals surface area contributed by atoms with Crippen LogP contribution in [0.15, 0.2) is 5.38 Å². The fourth-order valence-electron chi connectivity index (χ4n) is 2.21. The number of nitrogens with one attached hydrogen (secondary N) is 1. The molecule has 1 amide bonds. The van der Waals surface area contributed by atoms with E-state index in [1.807, 2.05) is 19.2 Å². The van der Waals surface area contributed by atoms with Gasteiger partial charge in [0.15, 0.2) is 0 Å². The lowest BCUT2D eigenvalue weighted by Gasteiger charge is -2.18. The van der Waals surface area contributed by atoms with Crippen LogP contribution < -0.4 is 11.1 Å². The maximum atomic E-state index is 12.2. The molecule has 0 aromatic carbocycles. The van der Waals surface area contributed by atoms with E-state index in [9.17, 15) is 4.79 Å². The minimum atomic E-state index is -0.358. The van der Waals surface area contributed by atoms with Gasteiger partial charge >= 0.3 is 0 Å². The van der Waals surface area contributed by atoms with E-state index in [0.717, 1.165) is 30.0 Å². The maximum absolute atomic E-state index is 12.2. The molecule has 1 saturated heterocycles. The van der Waals surface area contributed by atoms with Crippen molar-refractivity contribution in [3.63, 3.8) is 0 Å². The summed E-state index contributed by atoms with van der Waals surface area (Å²) in [7, 11) is 0. The highest BCUT2D eigenvalue weighted by atomic mass is 32.1. The van der Waals surface area contributed by atoms with Gasteiger partial charge in [0.25, 0.3) is 0 Å². The van der Waals surface area contributed by atoms with Gasteiger partial charge in [0, 0.05) is 17.6 Å². The van der Waals surface area contributed by atoms with Crippen molar-refractivity contribution in [2.24, 2.45) is 5.73 Å². The first kappa shape index (κ1) is 14.4. The quantitative estimate of drug-likeness (QED) is 0.859. The second-order valence-corrected chi connectivity index (χ2v) is 5.75. The standard InChI is InChI=1S/C13H21N3O2S/c1-3-10(13-15-8(2)7-19-13)16-12(17)11-5-4-9(6-14)18-11/h7,9-11H,3-6,14H2,1-2H3,(H,16,17)/t9-,10?,11+/m1/s1. The highest BCUT2D eigenvalue weighted by Crippen LogP contribution is 2.23. The SMILES string of the molecule is CCC(NC(=O)[C@@H]1CC[C@H](CN)O1)c1nc(C)cs1. The molecule has 0 radical (unpaired) electrons. The van der Waals surface area contributed by atoms with E-state index in [1.54, 1.807) is 11.3 Å². The van der Waals surface area contributed by atoms with Gasteiger partial charge in [-0.05, 0) is 26.2 Å². The third kappa shape index (κ3) is 3.52. The molecule has 1 aliphatic rings. The summed E-state index contributed by atoms with van der Waals surface area (Å²) in [5.41, 5.74) is 6.55. The molecule has 106 valence electrons. The normalized spacial score (nSPS) is 24.4. The van der Waals surface area contributed by atoms with Crippen molar-refractivity contribution in [1.29, 1.82) is 0 Å². The lowest BCUT2D eigenvalue weighted by Crippen LogP contribution is -2.37. The number of aryl methyl sites for hydroxylation is 1. The third-order valence-corrected chi connectivity index (χ3v) is 4.40. The molecule has 0 saturated carbocycles. The van der Waals surface area contributed by atoms with Gasteiger partial charge in [0.2, 0.25) is 5.91 Å². The number of thiazole rings is 1. The van der Waals surface area contributed by atoms with Crippen LogP contribution in [0.5, 0.6) is 0 Å². The number of amides is 1. The van der Waals surface area contributed by atoms with Crippen molar-refractivity contribution in [3.05, 3.63) is 16.1 Å². The molecule has 6 heteroatoms. The summed E-state index contributed by atoms with van der Waals surface area (Å²) < 4.78 is 5.60. The molecule has 0 aliphatic carbocycles. The van der Waals surface area contributed by atoms with Crippen LogP contribution in [0.3, 0.4) is 0 Å². The van der Waals surface area contributed by atoms with Crippen molar-refractivity contribution in [2.45, 2.75) is 51.4 Å². The zero-order valence-electron chi connectivity index (χ0n) is 11.4. The molecule has 1 aromatic rings. The highest BCUT2D eigenvalue weighted by molar-refractivity contribution is 7.09. The Morgan fingerprint density at radius 1 is 1.68 bits per heavy atom. The van der Waals surface area contributed by atoms with Gasteiger partial charge in [-0.2, -0.15) is 0 Å². The van der Waals surface area contributed by atoms with Crippen LogP contribution in [0.1, 0.15) is 42.9 Å². The minimum absolute atomic E-state index is 0.0215. The van der Waals surface area contributed by atoms with Crippen LogP contribution in [0.2, 0.25) is 0 Å². The number of carbonyl (C=O) groups excluding carboxylic acids is 1. The predicted molar refractivity (Wildman–Crippen MR) is 75.0 cm³/mol. The number of aromatic nitrogens is 1. The molecular formula is C13H21N3O2S. The smallest absolute Gasteiger partial charge is 0.249 e. The van der Waals surface area contributed by atoms with E-state index >= 15 is 0 Å². The van der Waals surface area contributed by atoms with Crippen molar-refractivity contribution in [3.8, 4) is 0 Å². The fourth-order valence-corrected chi connectivity index (χ4v) is 3.14. The Morgan fingerprint density at radius 2 is 2.47 bits per heavy atom. The molecule has 2 rings (SSSR count). The van der Waals surface area contributed by atoms with Gasteiger partial charge < -0.3 is 15.8 Å². The number of hydrogen-bond donors (Lipinski definition) is 2. The Bertz CT molecular complexity index is 435. The molecule has 1 aliphatic heterocycles. The van der Waals surface area contributed by atoms with Crippen LogP contribution in [0, 0.1) is 6.92 Å². The van der Waals surface area contributed by atoms with Gasteiger partial charge in [-0.15, -0.1) is 11.3 Å². The lowest BCUT2D eigenvalue weighted by molar-refractivity contribution is -0.132. The summed E-state index contributed by atoms with van der Waals surface area (Å²) in [6, 6.07) is -0.0215. The summed E-state index contributed by atoms with van der Waals surface area (Å²) in [5, 5.41) is 5.99. The first-order valence-electron chi connectivity index (χ1n) is 6.72. The van der Waals surface area contributed by atoms with Crippen molar-refractivity contribution in [2.75, 3.05) is 6.54 Å². The minimum Gasteiger partial charge on any atom is -0.364 e. The van der Waals surface area contributed by atoms with Gasteiger partial charge in [0.1, 0.15) is 11.1 Å². The van der Waals surface area contributed by atoms with Gasteiger partial charge in [-0.25, -0.2) is 4.98 Å². The van der Waals surface area contributed by atoms with Gasteiger partial charge in [-0.1, -0.05) is 6.92 Å². The summed E-state index contributed by atoms with van der Waals surface area (Å²) >= 11 is 1.59. The van der Waals surface area contributed by atoms with Gasteiger partial charge in [0.05, 0.1) is 12.1 Å². The summed E-state index contributed by atoms with van der Waals surface area (Å²) in [4.78, 5) is 16.6. The Balaban J connectivity index is 1.93. The van der Waals surface area contributed by atoms with E-state index < -0.39 is 0 Å². The van der Waals surface area contributed by atoms with Crippen molar-refractivity contribution in [1.82, 2.24) is 10.3 Å². The molecule has 1 unspecified atom stereocenters. The van der Waals surface area contributed by atoms with Gasteiger partial charge in [-0.3, -0.25) is 4.79 Å².